The van der Waals surface area contributed by atoms with Crippen LogP contribution in [0, 0.1) is 0 Å². The number of nitrogens with one attached hydrogen (secondary N) is 1. The number of carboxylic acid groups (broad SMARTS) is 1. The number of nitrogens with zero attached hydrogens (tertiary/aromatic N) is 1. The van der Waals surface area contributed by atoms with E-state index in [-0.39, 0.29) is 5.56 Å². The molecule has 1 aromatic carbocycles. The number of amides is 1. The van der Waals surface area contributed by atoms with E-state index in [1.54, 1.807) is 0 Å². The summed E-state index contributed by atoms with van der Waals surface area (Å²) in [7, 11) is 0. The third-order valence-corrected chi connectivity index (χ3v) is 1.57. The standard InChI is InChI=1S/C9H8N2O4/c12-8(5-10-15)11-7-3-1-6(2-4-7)9(13)14/h1-5,15H,(H,11,12)(H,13,14)/b10-5-. The second kappa shape index (κ2) is 4.75. The highest BCUT2D eigenvalue weighted by molar-refractivity contribution is 6.31. The first-order valence-electron chi connectivity index (χ1n) is 3.95. The van der Waals surface area contributed by atoms with E-state index < -0.39 is 11.9 Å². The number of aromatic carboxylic acids is 1. The maximum atomic E-state index is 10.9. The number of benzene rings is 1. The number of hydrogen-bond donors (Lipinski definition) is 3. The number of carboxylic acids is 1. The van der Waals surface area contributed by atoms with Crippen molar-refractivity contribution in [3.63, 3.8) is 0 Å². The van der Waals surface area contributed by atoms with Gasteiger partial charge in [-0.05, 0) is 24.3 Å². The highest BCUT2D eigenvalue weighted by Gasteiger charge is 2.02. The minimum atomic E-state index is -1.04. The highest BCUT2D eigenvalue weighted by Crippen LogP contribution is 2.08. The maximum absolute atomic E-state index is 10.9. The van der Waals surface area contributed by atoms with Crippen molar-refractivity contribution in [3.05, 3.63) is 29.8 Å². The third-order valence-electron chi connectivity index (χ3n) is 1.57. The first-order valence-corrected chi connectivity index (χ1v) is 3.95. The Balaban J connectivity index is 2.72. The smallest absolute Gasteiger partial charge is 0.335 e. The van der Waals surface area contributed by atoms with Crippen LogP contribution in [0.25, 0.3) is 0 Å². The fourth-order valence-electron chi connectivity index (χ4n) is 0.923. The Morgan fingerprint density at radius 2 is 1.87 bits per heavy atom. The number of carbonyl (C=O) groups is 2. The molecule has 0 aliphatic carbocycles. The molecule has 0 aliphatic rings. The van der Waals surface area contributed by atoms with Crippen LogP contribution in [0.3, 0.4) is 0 Å². The van der Waals surface area contributed by atoms with Crippen LogP contribution in [-0.4, -0.2) is 28.4 Å². The average molecular weight is 208 g/mol. The Hall–Kier alpha value is -2.37. The predicted octanol–water partition coefficient (Wildman–Crippen LogP) is 0.783. The molecule has 15 heavy (non-hydrogen) atoms. The van der Waals surface area contributed by atoms with E-state index >= 15 is 0 Å². The molecular weight excluding hydrogens is 200 g/mol. The number of rotatable bonds is 3. The average Bonchev–Trinajstić information content (AvgIpc) is 2.18. The fraction of sp³-hybridized carbons (Fsp3) is 0. The van der Waals surface area contributed by atoms with Crippen molar-refractivity contribution >= 4 is 23.8 Å². The summed E-state index contributed by atoms with van der Waals surface area (Å²) >= 11 is 0. The zero-order valence-electron chi connectivity index (χ0n) is 7.54. The van der Waals surface area contributed by atoms with Crippen LogP contribution < -0.4 is 5.32 Å². The van der Waals surface area contributed by atoms with Gasteiger partial charge in [-0.3, -0.25) is 4.79 Å². The normalized spacial score (nSPS) is 10.1. The van der Waals surface area contributed by atoms with Gasteiger partial charge in [0.2, 0.25) is 0 Å². The molecule has 0 unspecified atom stereocenters. The van der Waals surface area contributed by atoms with Crippen LogP contribution in [0.4, 0.5) is 5.69 Å². The summed E-state index contributed by atoms with van der Waals surface area (Å²) in [5.41, 5.74) is 0.550. The van der Waals surface area contributed by atoms with Crippen molar-refractivity contribution in [1.29, 1.82) is 0 Å². The van der Waals surface area contributed by atoms with Crippen LogP contribution in [0.5, 0.6) is 0 Å². The second-order valence-electron chi connectivity index (χ2n) is 2.62. The van der Waals surface area contributed by atoms with E-state index in [1.807, 2.05) is 0 Å². The molecule has 0 radical (unpaired) electrons. The summed E-state index contributed by atoms with van der Waals surface area (Å²) < 4.78 is 0. The van der Waals surface area contributed by atoms with Gasteiger partial charge in [-0.25, -0.2) is 4.79 Å². The topological polar surface area (TPSA) is 99.0 Å². The van der Waals surface area contributed by atoms with Gasteiger partial charge in [-0.1, -0.05) is 5.16 Å². The van der Waals surface area contributed by atoms with E-state index in [2.05, 4.69) is 10.5 Å². The molecule has 0 saturated heterocycles. The van der Waals surface area contributed by atoms with E-state index in [0.29, 0.717) is 11.9 Å². The van der Waals surface area contributed by atoms with E-state index in [0.717, 1.165) is 0 Å². The molecule has 0 aromatic heterocycles. The van der Waals surface area contributed by atoms with Crippen LogP contribution in [0.15, 0.2) is 29.4 Å². The van der Waals surface area contributed by atoms with Gasteiger partial charge in [0, 0.05) is 5.69 Å². The van der Waals surface area contributed by atoms with Crippen LogP contribution in [0.2, 0.25) is 0 Å². The molecule has 6 nitrogen and oxygen atoms in total. The molecule has 1 aromatic rings. The Kier molecular flexibility index (Phi) is 3.39. The molecule has 3 N–H and O–H groups in total. The Morgan fingerprint density at radius 3 is 2.33 bits per heavy atom. The number of oxime groups is 1. The number of hydrogen-bond acceptors (Lipinski definition) is 4. The lowest BCUT2D eigenvalue weighted by Gasteiger charge is -2.01. The van der Waals surface area contributed by atoms with E-state index in [4.69, 9.17) is 10.3 Å². The van der Waals surface area contributed by atoms with E-state index in [1.165, 1.54) is 24.3 Å². The second-order valence-corrected chi connectivity index (χ2v) is 2.62. The van der Waals surface area contributed by atoms with Crippen molar-refractivity contribution in [1.82, 2.24) is 0 Å². The third kappa shape index (κ3) is 3.11. The van der Waals surface area contributed by atoms with Crippen LogP contribution in [-0.2, 0) is 4.79 Å². The Labute approximate surface area is 84.8 Å². The Bertz CT molecular complexity index is 397. The van der Waals surface area contributed by atoms with Crippen molar-refractivity contribution < 1.29 is 19.9 Å². The zero-order chi connectivity index (χ0) is 11.3. The molecule has 0 spiro atoms. The molecule has 1 rings (SSSR count). The SMILES string of the molecule is O=C(/C=N\O)Nc1ccc(C(=O)O)cc1. The monoisotopic (exact) mass is 208 g/mol. The summed E-state index contributed by atoms with van der Waals surface area (Å²) in [6.45, 7) is 0. The fourth-order valence-corrected chi connectivity index (χ4v) is 0.923. The molecule has 0 aliphatic heterocycles. The summed E-state index contributed by atoms with van der Waals surface area (Å²) in [6, 6.07) is 5.58. The molecule has 1 amide bonds. The minimum Gasteiger partial charge on any atom is -0.478 e. The van der Waals surface area contributed by atoms with Gasteiger partial charge >= 0.3 is 5.97 Å². The molecule has 0 fully saturated rings. The number of anilines is 1. The molecule has 0 bridgehead atoms. The largest absolute Gasteiger partial charge is 0.478 e. The molecule has 78 valence electrons. The predicted molar refractivity (Wildman–Crippen MR) is 52.3 cm³/mol. The van der Waals surface area contributed by atoms with Crippen LogP contribution >= 0.6 is 0 Å². The van der Waals surface area contributed by atoms with Crippen molar-refractivity contribution in [2.75, 3.05) is 5.32 Å². The highest BCUT2D eigenvalue weighted by atomic mass is 16.4. The Morgan fingerprint density at radius 1 is 1.27 bits per heavy atom. The van der Waals surface area contributed by atoms with Crippen molar-refractivity contribution in [2.24, 2.45) is 5.16 Å². The maximum Gasteiger partial charge on any atom is 0.335 e. The molecule has 6 heteroatoms. The van der Waals surface area contributed by atoms with Crippen molar-refractivity contribution in [2.45, 2.75) is 0 Å². The van der Waals surface area contributed by atoms with Crippen molar-refractivity contribution in [3.8, 4) is 0 Å². The first-order chi connectivity index (χ1) is 7.13. The van der Waals surface area contributed by atoms with E-state index in [9.17, 15) is 9.59 Å². The quantitative estimate of drug-likeness (QED) is 0.388. The molecular formula is C9H8N2O4. The van der Waals surface area contributed by atoms with Gasteiger partial charge in [0.1, 0.15) is 6.21 Å². The zero-order valence-corrected chi connectivity index (χ0v) is 7.54. The van der Waals surface area contributed by atoms with Gasteiger partial charge in [0.25, 0.3) is 5.91 Å². The summed E-state index contributed by atoms with van der Waals surface area (Å²) in [5.74, 6) is -1.63. The first kappa shape index (κ1) is 10.7. The van der Waals surface area contributed by atoms with Gasteiger partial charge in [0.05, 0.1) is 5.56 Å². The summed E-state index contributed by atoms with van der Waals surface area (Å²) in [6.07, 6.45) is 0.700. The van der Waals surface area contributed by atoms with Crippen LogP contribution in [0.1, 0.15) is 10.4 Å². The van der Waals surface area contributed by atoms with Gasteiger partial charge < -0.3 is 15.6 Å². The lowest BCUT2D eigenvalue weighted by Crippen LogP contribution is -2.12. The lowest BCUT2D eigenvalue weighted by molar-refractivity contribution is -0.110. The molecule has 0 atom stereocenters. The van der Waals surface area contributed by atoms with Gasteiger partial charge in [-0.2, -0.15) is 0 Å². The number of carbonyl (C=O) groups excluding carboxylic acids is 1. The summed E-state index contributed by atoms with van der Waals surface area (Å²) in [5, 5.41) is 21.6. The molecule has 0 saturated carbocycles. The van der Waals surface area contributed by atoms with Gasteiger partial charge in [-0.15, -0.1) is 0 Å². The van der Waals surface area contributed by atoms with Gasteiger partial charge in [0.15, 0.2) is 0 Å². The minimum absolute atomic E-state index is 0.129. The molecule has 0 heterocycles. The lowest BCUT2D eigenvalue weighted by atomic mass is 10.2. The summed E-state index contributed by atoms with van der Waals surface area (Å²) in [4.78, 5) is 21.4.